The van der Waals surface area contributed by atoms with E-state index in [-0.39, 0.29) is 10.8 Å². The molecule has 0 unspecified atom stereocenters. The highest BCUT2D eigenvalue weighted by Gasteiger charge is 2.29. The number of benzene rings is 3. The van der Waals surface area contributed by atoms with Crippen LogP contribution in [0.2, 0.25) is 0 Å². The fraction of sp³-hybridized carbons (Fsp3) is 0.125. The van der Waals surface area contributed by atoms with E-state index < -0.39 is 10.0 Å². The summed E-state index contributed by atoms with van der Waals surface area (Å²) in [6.45, 7) is 0.818. The molecule has 0 saturated carbocycles. The van der Waals surface area contributed by atoms with Crippen LogP contribution in [-0.4, -0.2) is 33.3 Å². The molecule has 1 aliphatic rings. The highest BCUT2D eigenvalue weighted by atomic mass is 32.2. The van der Waals surface area contributed by atoms with E-state index in [0.717, 1.165) is 23.4 Å². The fourth-order valence-corrected chi connectivity index (χ4v) is 4.20. The van der Waals surface area contributed by atoms with Crippen LogP contribution in [-0.2, 0) is 21.4 Å². The molecule has 0 atom stereocenters. The van der Waals surface area contributed by atoms with Crippen LogP contribution in [0, 0.1) is 0 Å². The van der Waals surface area contributed by atoms with Crippen molar-refractivity contribution in [1.82, 2.24) is 4.90 Å². The van der Waals surface area contributed by atoms with Crippen molar-refractivity contribution in [3.63, 3.8) is 0 Å². The lowest BCUT2D eigenvalue weighted by Gasteiger charge is -2.16. The number of rotatable bonds is 6. The zero-order valence-corrected chi connectivity index (χ0v) is 18.6. The monoisotopic (exact) mass is 448 g/mol. The molecule has 3 aromatic carbocycles. The van der Waals surface area contributed by atoms with Crippen LogP contribution in [0.15, 0.2) is 77.7 Å². The minimum atomic E-state index is -3.92. The number of nitrogens with one attached hydrogen (secondary N) is 2. The number of carbonyl (C=O) groups is 1. The molecule has 0 aliphatic carbocycles. The molecule has 7 nitrogen and oxygen atoms in total. The van der Waals surface area contributed by atoms with Crippen molar-refractivity contribution in [2.75, 3.05) is 24.7 Å². The average molecular weight is 449 g/mol. The number of sulfonamides is 1. The van der Waals surface area contributed by atoms with Gasteiger partial charge in [0.05, 0.1) is 16.2 Å². The first-order chi connectivity index (χ1) is 15.2. The highest BCUT2D eigenvalue weighted by molar-refractivity contribution is 7.89. The van der Waals surface area contributed by atoms with E-state index in [1.54, 1.807) is 6.07 Å². The summed E-state index contributed by atoms with van der Waals surface area (Å²) in [7, 11) is 0.105. The SMILES string of the molecule is CN(C)Cc1ccc(NC(=C2C(=O)Nc3ccc(S(N)(=O)=O)cc32)c2ccccc2)cc1. The number of anilines is 2. The molecule has 32 heavy (non-hydrogen) atoms. The summed E-state index contributed by atoms with van der Waals surface area (Å²) in [5, 5.41) is 11.5. The summed E-state index contributed by atoms with van der Waals surface area (Å²) in [4.78, 5) is 15.0. The van der Waals surface area contributed by atoms with Gasteiger partial charge in [0.1, 0.15) is 0 Å². The molecular formula is C24H24N4O3S. The molecule has 4 N–H and O–H groups in total. The van der Waals surface area contributed by atoms with Crippen molar-refractivity contribution in [1.29, 1.82) is 0 Å². The second-order valence-corrected chi connectivity index (χ2v) is 9.44. The number of amides is 1. The van der Waals surface area contributed by atoms with Gasteiger partial charge in [-0.1, -0.05) is 42.5 Å². The number of nitrogens with two attached hydrogens (primary N) is 1. The Bertz CT molecular complexity index is 1300. The molecule has 0 spiro atoms. The Morgan fingerprint density at radius 2 is 1.69 bits per heavy atom. The summed E-state index contributed by atoms with van der Waals surface area (Å²) in [5.41, 5.74) is 4.72. The Kier molecular flexibility index (Phi) is 5.84. The number of nitrogens with zero attached hydrogens (tertiary/aromatic N) is 1. The van der Waals surface area contributed by atoms with Gasteiger partial charge in [0.15, 0.2) is 0 Å². The van der Waals surface area contributed by atoms with Crippen molar-refractivity contribution in [2.45, 2.75) is 11.4 Å². The second kappa shape index (κ2) is 8.58. The van der Waals surface area contributed by atoms with E-state index in [0.29, 0.717) is 22.5 Å². The minimum Gasteiger partial charge on any atom is -0.354 e. The number of hydrogen-bond acceptors (Lipinski definition) is 5. The van der Waals surface area contributed by atoms with E-state index in [4.69, 9.17) is 5.14 Å². The second-order valence-electron chi connectivity index (χ2n) is 7.88. The normalized spacial score (nSPS) is 14.8. The lowest BCUT2D eigenvalue weighted by Crippen LogP contribution is -2.12. The lowest BCUT2D eigenvalue weighted by molar-refractivity contribution is -0.110. The largest absolute Gasteiger partial charge is 0.354 e. The van der Waals surface area contributed by atoms with Gasteiger partial charge in [0, 0.05) is 23.5 Å². The van der Waals surface area contributed by atoms with Crippen LogP contribution in [0.4, 0.5) is 11.4 Å². The molecule has 1 amide bonds. The third kappa shape index (κ3) is 4.57. The number of carbonyl (C=O) groups excluding carboxylic acids is 1. The van der Waals surface area contributed by atoms with Gasteiger partial charge < -0.3 is 15.5 Å². The van der Waals surface area contributed by atoms with E-state index in [9.17, 15) is 13.2 Å². The number of hydrogen-bond donors (Lipinski definition) is 3. The highest BCUT2D eigenvalue weighted by Crippen LogP contribution is 2.38. The maximum Gasteiger partial charge on any atom is 0.258 e. The first-order valence-corrected chi connectivity index (χ1v) is 11.6. The topological polar surface area (TPSA) is 105 Å². The zero-order chi connectivity index (χ0) is 22.9. The Labute approximate surface area is 187 Å². The molecule has 164 valence electrons. The first-order valence-electron chi connectivity index (χ1n) is 10.0. The number of fused-ring (bicyclic) bond motifs is 1. The van der Waals surface area contributed by atoms with Gasteiger partial charge in [-0.15, -0.1) is 0 Å². The Morgan fingerprint density at radius 1 is 1.00 bits per heavy atom. The van der Waals surface area contributed by atoms with Gasteiger partial charge in [0.2, 0.25) is 10.0 Å². The molecule has 1 heterocycles. The summed E-state index contributed by atoms with van der Waals surface area (Å²) >= 11 is 0. The smallest absolute Gasteiger partial charge is 0.258 e. The first kappa shape index (κ1) is 21.8. The lowest BCUT2D eigenvalue weighted by atomic mass is 10.00. The summed E-state index contributed by atoms with van der Waals surface area (Å²) < 4.78 is 23.8. The molecule has 3 aromatic rings. The van der Waals surface area contributed by atoms with Gasteiger partial charge >= 0.3 is 0 Å². The van der Waals surface area contributed by atoms with Crippen LogP contribution < -0.4 is 15.8 Å². The predicted molar refractivity (Wildman–Crippen MR) is 127 cm³/mol. The molecule has 0 fully saturated rings. The van der Waals surface area contributed by atoms with E-state index >= 15 is 0 Å². The van der Waals surface area contributed by atoms with Gasteiger partial charge in [0.25, 0.3) is 5.91 Å². The summed E-state index contributed by atoms with van der Waals surface area (Å²) in [5.74, 6) is -0.317. The van der Waals surface area contributed by atoms with E-state index in [1.165, 1.54) is 12.1 Å². The van der Waals surface area contributed by atoms with Crippen molar-refractivity contribution in [3.05, 3.63) is 89.5 Å². The van der Waals surface area contributed by atoms with Crippen LogP contribution in [0.3, 0.4) is 0 Å². The molecule has 0 aromatic heterocycles. The Hall–Kier alpha value is -3.46. The van der Waals surface area contributed by atoms with Crippen molar-refractivity contribution >= 4 is 38.6 Å². The van der Waals surface area contributed by atoms with Crippen molar-refractivity contribution in [3.8, 4) is 0 Å². The molecular weight excluding hydrogens is 424 g/mol. The van der Waals surface area contributed by atoms with E-state index in [2.05, 4.69) is 15.5 Å². The Balaban J connectivity index is 1.84. The average Bonchev–Trinajstić information content (AvgIpc) is 3.07. The predicted octanol–water partition coefficient (Wildman–Crippen LogP) is 3.33. The molecule has 8 heteroatoms. The van der Waals surface area contributed by atoms with Crippen molar-refractivity contribution in [2.24, 2.45) is 5.14 Å². The van der Waals surface area contributed by atoms with Crippen LogP contribution >= 0.6 is 0 Å². The van der Waals surface area contributed by atoms with Crippen LogP contribution in [0.25, 0.3) is 11.3 Å². The molecule has 1 aliphatic heterocycles. The van der Waals surface area contributed by atoms with Crippen molar-refractivity contribution < 1.29 is 13.2 Å². The van der Waals surface area contributed by atoms with Gasteiger partial charge in [-0.25, -0.2) is 13.6 Å². The van der Waals surface area contributed by atoms with E-state index in [1.807, 2.05) is 68.7 Å². The summed E-state index contributed by atoms with van der Waals surface area (Å²) in [6.07, 6.45) is 0. The summed E-state index contributed by atoms with van der Waals surface area (Å²) in [6, 6.07) is 21.8. The Morgan fingerprint density at radius 3 is 2.31 bits per heavy atom. The molecule has 0 radical (unpaired) electrons. The minimum absolute atomic E-state index is 0.0503. The fourth-order valence-electron chi connectivity index (χ4n) is 3.66. The third-order valence-electron chi connectivity index (χ3n) is 5.10. The molecule has 0 saturated heterocycles. The van der Waals surface area contributed by atoms with Crippen LogP contribution in [0.5, 0.6) is 0 Å². The van der Waals surface area contributed by atoms with Crippen LogP contribution in [0.1, 0.15) is 16.7 Å². The molecule has 4 rings (SSSR count). The quantitative estimate of drug-likeness (QED) is 0.502. The zero-order valence-electron chi connectivity index (χ0n) is 17.8. The third-order valence-corrected chi connectivity index (χ3v) is 6.01. The number of primary sulfonamides is 1. The maximum absolute atomic E-state index is 13.0. The standard InChI is InChI=1S/C24H24N4O3S/c1-28(2)15-16-8-10-18(11-9-16)26-23(17-6-4-3-5-7-17)22-20-14-19(32(25,30)31)12-13-21(20)27-24(22)29/h3-14,26H,15H2,1-2H3,(H,27,29)(H2,25,30,31). The maximum atomic E-state index is 13.0. The van der Waals surface area contributed by atoms with Gasteiger partial charge in [-0.2, -0.15) is 0 Å². The van der Waals surface area contributed by atoms with Gasteiger partial charge in [-0.3, -0.25) is 4.79 Å². The molecule has 0 bridgehead atoms. The van der Waals surface area contributed by atoms with Gasteiger partial charge in [-0.05, 0) is 55.6 Å².